The lowest BCUT2D eigenvalue weighted by Gasteiger charge is -2.27. The Morgan fingerprint density at radius 1 is 1.40 bits per heavy atom. The number of hydrogen-bond acceptors (Lipinski definition) is 3. The molecular weight excluding hydrogens is 305 g/mol. The molecule has 0 amide bonds. The Labute approximate surface area is 124 Å². The smallest absolute Gasteiger partial charge is 0.218 e. The highest BCUT2D eigenvalue weighted by atomic mass is 35.5. The van der Waals surface area contributed by atoms with E-state index in [0.29, 0.717) is 5.56 Å². The molecule has 1 aromatic carbocycles. The summed E-state index contributed by atoms with van der Waals surface area (Å²) in [5.41, 5.74) is -0.714. The molecule has 0 bridgehead atoms. The predicted octanol–water partition coefficient (Wildman–Crippen LogP) is 2.40. The molecule has 0 spiro atoms. The fraction of sp³-hybridized carbons (Fsp3) is 0.538. The molecule has 0 fully saturated rings. The molecule has 0 atom stereocenters. The van der Waals surface area contributed by atoms with E-state index in [2.05, 4.69) is 0 Å². The van der Waals surface area contributed by atoms with Gasteiger partial charge in [0.1, 0.15) is 5.82 Å². The molecule has 0 aliphatic rings. The van der Waals surface area contributed by atoms with Crippen LogP contribution in [0.4, 0.5) is 4.39 Å². The Bertz CT molecular complexity index is 569. The van der Waals surface area contributed by atoms with Crippen molar-refractivity contribution in [1.29, 1.82) is 0 Å². The van der Waals surface area contributed by atoms with Gasteiger partial charge in [-0.3, -0.25) is 0 Å². The maximum Gasteiger partial charge on any atom is 0.218 e. The van der Waals surface area contributed by atoms with Crippen molar-refractivity contribution >= 4 is 21.6 Å². The summed E-state index contributed by atoms with van der Waals surface area (Å²) in [4.78, 5) is 0. The molecule has 20 heavy (non-hydrogen) atoms. The van der Waals surface area contributed by atoms with Crippen LogP contribution in [0, 0.1) is 5.82 Å². The quantitative estimate of drug-likeness (QED) is 0.874. The number of nitrogens with zero attached hydrogens (tertiary/aromatic N) is 1. The SMILES string of the molecule is CCN(CC(C)(C)O)S(=O)(=O)Cc1ccc(F)c(Cl)c1. The van der Waals surface area contributed by atoms with Crippen molar-refractivity contribution in [2.75, 3.05) is 13.1 Å². The molecule has 0 aliphatic heterocycles. The van der Waals surface area contributed by atoms with Crippen LogP contribution >= 0.6 is 11.6 Å². The van der Waals surface area contributed by atoms with Crippen molar-refractivity contribution in [2.45, 2.75) is 32.1 Å². The van der Waals surface area contributed by atoms with Crippen molar-refractivity contribution < 1.29 is 17.9 Å². The zero-order chi connectivity index (χ0) is 15.6. The van der Waals surface area contributed by atoms with Crippen LogP contribution in [0.3, 0.4) is 0 Å². The van der Waals surface area contributed by atoms with E-state index < -0.39 is 21.4 Å². The maximum absolute atomic E-state index is 13.1. The predicted molar refractivity (Wildman–Crippen MR) is 77.6 cm³/mol. The highest BCUT2D eigenvalue weighted by Crippen LogP contribution is 2.19. The van der Waals surface area contributed by atoms with Crippen LogP contribution in [0.25, 0.3) is 0 Å². The van der Waals surface area contributed by atoms with Gasteiger partial charge in [-0.15, -0.1) is 0 Å². The molecule has 0 saturated heterocycles. The second kappa shape index (κ2) is 6.39. The van der Waals surface area contributed by atoms with Gasteiger partial charge in [0, 0.05) is 13.1 Å². The third-order valence-electron chi connectivity index (χ3n) is 2.64. The van der Waals surface area contributed by atoms with E-state index in [0.717, 1.165) is 6.07 Å². The molecule has 4 nitrogen and oxygen atoms in total. The third kappa shape index (κ3) is 5.01. The van der Waals surface area contributed by atoms with Crippen LogP contribution in [0.2, 0.25) is 5.02 Å². The average Bonchev–Trinajstić information content (AvgIpc) is 2.29. The van der Waals surface area contributed by atoms with Gasteiger partial charge in [-0.2, -0.15) is 4.31 Å². The van der Waals surface area contributed by atoms with E-state index in [1.807, 2.05) is 0 Å². The first-order valence-corrected chi connectivity index (χ1v) is 8.18. The van der Waals surface area contributed by atoms with Gasteiger partial charge in [-0.05, 0) is 31.5 Å². The highest BCUT2D eigenvalue weighted by molar-refractivity contribution is 7.88. The standard InChI is InChI=1S/C13H19ClFNO3S/c1-4-16(9-13(2,3)17)20(18,19)8-10-5-6-12(15)11(14)7-10/h5-7,17H,4,8-9H2,1-3H3. The van der Waals surface area contributed by atoms with Gasteiger partial charge >= 0.3 is 0 Å². The highest BCUT2D eigenvalue weighted by Gasteiger charge is 2.27. The molecule has 0 aromatic heterocycles. The molecule has 114 valence electrons. The van der Waals surface area contributed by atoms with Crippen molar-refractivity contribution in [3.8, 4) is 0 Å². The second-order valence-corrected chi connectivity index (χ2v) is 7.62. The van der Waals surface area contributed by atoms with E-state index in [9.17, 15) is 17.9 Å². The van der Waals surface area contributed by atoms with Crippen molar-refractivity contribution in [1.82, 2.24) is 4.31 Å². The minimum atomic E-state index is -3.60. The van der Waals surface area contributed by atoms with Crippen LogP contribution in [0.15, 0.2) is 18.2 Å². The first-order valence-electron chi connectivity index (χ1n) is 6.19. The summed E-state index contributed by atoms with van der Waals surface area (Å²) in [6.45, 7) is 5.03. The molecule has 1 rings (SSSR count). The van der Waals surface area contributed by atoms with Gasteiger partial charge in [-0.25, -0.2) is 12.8 Å². The number of likely N-dealkylation sites (N-methyl/N-ethyl adjacent to an activating group) is 1. The largest absolute Gasteiger partial charge is 0.389 e. The number of benzene rings is 1. The van der Waals surface area contributed by atoms with E-state index >= 15 is 0 Å². The number of rotatable bonds is 6. The van der Waals surface area contributed by atoms with Gasteiger partial charge in [0.05, 0.1) is 16.4 Å². The van der Waals surface area contributed by atoms with Gasteiger partial charge in [-0.1, -0.05) is 24.6 Å². The fourth-order valence-corrected chi connectivity index (χ4v) is 3.66. The zero-order valence-electron chi connectivity index (χ0n) is 11.7. The van der Waals surface area contributed by atoms with Gasteiger partial charge < -0.3 is 5.11 Å². The molecule has 0 radical (unpaired) electrons. The summed E-state index contributed by atoms with van der Waals surface area (Å²) in [6.07, 6.45) is 0. The van der Waals surface area contributed by atoms with Gasteiger partial charge in [0.15, 0.2) is 0 Å². The van der Waals surface area contributed by atoms with E-state index in [4.69, 9.17) is 11.6 Å². The monoisotopic (exact) mass is 323 g/mol. The lowest BCUT2D eigenvalue weighted by atomic mass is 10.1. The van der Waals surface area contributed by atoms with Crippen LogP contribution in [0.5, 0.6) is 0 Å². The Morgan fingerprint density at radius 3 is 2.45 bits per heavy atom. The summed E-state index contributed by atoms with van der Waals surface area (Å²) in [5.74, 6) is -0.867. The van der Waals surface area contributed by atoms with E-state index in [1.54, 1.807) is 20.8 Å². The van der Waals surface area contributed by atoms with E-state index in [1.165, 1.54) is 16.4 Å². The molecule has 1 N–H and O–H groups in total. The van der Waals surface area contributed by atoms with E-state index in [-0.39, 0.29) is 23.9 Å². The summed E-state index contributed by atoms with van der Waals surface area (Å²) in [5, 5.41) is 9.64. The Hall–Kier alpha value is -0.690. The summed E-state index contributed by atoms with van der Waals surface area (Å²) >= 11 is 5.64. The van der Waals surface area contributed by atoms with Gasteiger partial charge in [0.25, 0.3) is 0 Å². The summed E-state index contributed by atoms with van der Waals surface area (Å²) in [7, 11) is -3.60. The molecular formula is C13H19ClFNO3S. The Balaban J connectivity index is 2.95. The molecule has 0 unspecified atom stereocenters. The lowest BCUT2D eigenvalue weighted by molar-refractivity contribution is 0.0601. The number of hydrogen-bond donors (Lipinski definition) is 1. The van der Waals surface area contributed by atoms with Crippen LogP contribution in [-0.4, -0.2) is 36.5 Å². The minimum absolute atomic E-state index is 0.000754. The minimum Gasteiger partial charge on any atom is -0.389 e. The van der Waals surface area contributed by atoms with Gasteiger partial charge in [0.2, 0.25) is 10.0 Å². The topological polar surface area (TPSA) is 57.6 Å². The Morgan fingerprint density at radius 2 is 2.00 bits per heavy atom. The molecule has 0 saturated carbocycles. The first-order chi connectivity index (χ1) is 9.05. The third-order valence-corrected chi connectivity index (χ3v) is 4.80. The van der Waals surface area contributed by atoms with Crippen molar-refractivity contribution in [2.24, 2.45) is 0 Å². The zero-order valence-corrected chi connectivity index (χ0v) is 13.3. The summed E-state index contributed by atoms with van der Waals surface area (Å²) < 4.78 is 38.8. The first kappa shape index (κ1) is 17.4. The van der Waals surface area contributed by atoms with Crippen molar-refractivity contribution in [3.63, 3.8) is 0 Å². The number of halogens is 2. The molecule has 0 aliphatic carbocycles. The average molecular weight is 324 g/mol. The van der Waals surface area contributed by atoms with Crippen LogP contribution in [-0.2, 0) is 15.8 Å². The second-order valence-electron chi connectivity index (χ2n) is 5.24. The van der Waals surface area contributed by atoms with Crippen LogP contribution in [0.1, 0.15) is 26.3 Å². The van der Waals surface area contributed by atoms with Crippen molar-refractivity contribution in [3.05, 3.63) is 34.6 Å². The number of sulfonamides is 1. The molecule has 1 aromatic rings. The Kier molecular flexibility index (Phi) is 5.54. The maximum atomic E-state index is 13.1. The fourth-order valence-electron chi connectivity index (χ4n) is 1.77. The normalized spacial score (nSPS) is 12.9. The number of aliphatic hydroxyl groups is 1. The lowest BCUT2D eigenvalue weighted by Crippen LogP contribution is -2.42. The van der Waals surface area contributed by atoms with Crippen LogP contribution < -0.4 is 0 Å². The molecule has 7 heteroatoms. The summed E-state index contributed by atoms with van der Waals surface area (Å²) in [6, 6.07) is 3.82. The molecule has 0 heterocycles.